The third-order valence-electron chi connectivity index (χ3n) is 1.76. The molecular weight excluding hydrogens is 190 g/mol. The first kappa shape index (κ1) is 10.0. The van der Waals surface area contributed by atoms with Crippen molar-refractivity contribution in [1.82, 2.24) is 9.13 Å². The van der Waals surface area contributed by atoms with Gasteiger partial charge in [0.25, 0.3) is 5.56 Å². The van der Waals surface area contributed by atoms with Crippen LogP contribution in [0, 0.1) is 0 Å². The summed E-state index contributed by atoms with van der Waals surface area (Å²) in [5.41, 5.74) is -1.14. The minimum atomic E-state index is -1.33. The molecule has 0 saturated carbocycles. The number of anilines is 1. The molecule has 0 bridgehead atoms. The lowest BCUT2D eigenvalue weighted by atomic mass is 10.5. The Balaban J connectivity index is 3.41. The third-order valence-corrected chi connectivity index (χ3v) is 1.76. The van der Waals surface area contributed by atoms with Gasteiger partial charge in [-0.2, -0.15) is 0 Å². The van der Waals surface area contributed by atoms with Gasteiger partial charge >= 0.3 is 11.8 Å². The van der Waals surface area contributed by atoms with E-state index >= 15 is 0 Å². The van der Waals surface area contributed by atoms with Gasteiger partial charge in [-0.1, -0.05) is 0 Å². The maximum absolute atomic E-state index is 11.3. The van der Waals surface area contributed by atoms with Crippen LogP contribution in [0.1, 0.15) is 0 Å². The van der Waals surface area contributed by atoms with Crippen molar-refractivity contribution in [3.63, 3.8) is 0 Å². The standard InChI is InChI=1S/C7H9N3O4/c1-9-4(8-6(12)13)3-5(11)10(2)7(9)14/h3,8H,1-2H3,(H,12,13). The first-order valence-electron chi connectivity index (χ1n) is 3.70. The molecule has 7 nitrogen and oxygen atoms in total. The first-order chi connectivity index (χ1) is 6.43. The van der Waals surface area contributed by atoms with Gasteiger partial charge in [0.15, 0.2) is 0 Å². The molecule has 0 saturated heterocycles. The SMILES string of the molecule is Cn1c(NC(=O)O)cc(=O)n(C)c1=O. The molecule has 7 heteroatoms. The second kappa shape index (κ2) is 3.36. The lowest BCUT2D eigenvalue weighted by Crippen LogP contribution is -2.37. The van der Waals surface area contributed by atoms with Crippen molar-refractivity contribution in [1.29, 1.82) is 0 Å². The van der Waals surface area contributed by atoms with Crippen molar-refractivity contribution >= 4 is 11.9 Å². The number of rotatable bonds is 1. The van der Waals surface area contributed by atoms with Crippen LogP contribution in [0.4, 0.5) is 10.6 Å². The fourth-order valence-corrected chi connectivity index (χ4v) is 0.962. The van der Waals surface area contributed by atoms with E-state index in [4.69, 9.17) is 5.11 Å². The van der Waals surface area contributed by atoms with Crippen molar-refractivity contribution in [2.75, 3.05) is 5.32 Å². The quantitative estimate of drug-likeness (QED) is 0.617. The largest absolute Gasteiger partial charge is 0.465 e. The predicted octanol–water partition coefficient (Wildman–Crippen LogP) is -0.826. The van der Waals surface area contributed by atoms with Crippen LogP contribution in [0.2, 0.25) is 0 Å². The molecule has 2 N–H and O–H groups in total. The van der Waals surface area contributed by atoms with E-state index < -0.39 is 17.3 Å². The van der Waals surface area contributed by atoms with E-state index in [0.29, 0.717) is 0 Å². The molecule has 0 atom stereocenters. The molecule has 0 aliphatic rings. The van der Waals surface area contributed by atoms with E-state index in [1.165, 1.54) is 14.1 Å². The number of aromatic nitrogens is 2. The van der Waals surface area contributed by atoms with Gasteiger partial charge in [-0.05, 0) is 0 Å². The van der Waals surface area contributed by atoms with Crippen LogP contribution >= 0.6 is 0 Å². The van der Waals surface area contributed by atoms with Crippen molar-refractivity contribution in [2.45, 2.75) is 0 Å². The molecule has 0 aromatic carbocycles. The molecule has 1 heterocycles. The molecule has 0 aliphatic heterocycles. The summed E-state index contributed by atoms with van der Waals surface area (Å²) in [6.45, 7) is 0. The molecule has 1 aromatic rings. The smallest absolute Gasteiger partial charge is 0.410 e. The average Bonchev–Trinajstić information content (AvgIpc) is 2.10. The number of nitrogens with one attached hydrogen (secondary N) is 1. The highest BCUT2D eigenvalue weighted by atomic mass is 16.4. The van der Waals surface area contributed by atoms with Gasteiger partial charge in [-0.15, -0.1) is 0 Å². The highest BCUT2D eigenvalue weighted by Gasteiger charge is 2.07. The predicted molar refractivity (Wildman–Crippen MR) is 48.6 cm³/mol. The lowest BCUT2D eigenvalue weighted by Gasteiger charge is -2.07. The third kappa shape index (κ3) is 1.65. The Morgan fingerprint density at radius 2 is 1.93 bits per heavy atom. The number of hydrogen-bond acceptors (Lipinski definition) is 3. The Morgan fingerprint density at radius 3 is 2.43 bits per heavy atom. The maximum atomic E-state index is 11.3. The summed E-state index contributed by atoms with van der Waals surface area (Å²) < 4.78 is 1.92. The zero-order chi connectivity index (χ0) is 10.9. The Morgan fingerprint density at radius 1 is 1.36 bits per heavy atom. The van der Waals surface area contributed by atoms with Crippen molar-refractivity contribution in [2.24, 2.45) is 14.1 Å². The molecule has 14 heavy (non-hydrogen) atoms. The number of hydrogen-bond donors (Lipinski definition) is 2. The van der Waals surface area contributed by atoms with E-state index in [-0.39, 0.29) is 5.82 Å². The van der Waals surface area contributed by atoms with Crippen LogP contribution in [0.15, 0.2) is 15.7 Å². The summed E-state index contributed by atoms with van der Waals surface area (Å²) in [5.74, 6) is -0.0504. The van der Waals surface area contributed by atoms with E-state index in [2.05, 4.69) is 0 Å². The monoisotopic (exact) mass is 199 g/mol. The van der Waals surface area contributed by atoms with E-state index in [0.717, 1.165) is 15.2 Å². The van der Waals surface area contributed by atoms with Crippen LogP contribution in [0.5, 0.6) is 0 Å². The molecule has 1 amide bonds. The maximum Gasteiger partial charge on any atom is 0.410 e. The summed E-state index contributed by atoms with van der Waals surface area (Å²) in [7, 11) is 2.68. The van der Waals surface area contributed by atoms with Crippen molar-refractivity contribution in [3.05, 3.63) is 26.9 Å². The fraction of sp³-hybridized carbons (Fsp3) is 0.286. The van der Waals surface area contributed by atoms with E-state index in [9.17, 15) is 14.4 Å². The number of carboxylic acid groups (broad SMARTS) is 1. The Kier molecular flexibility index (Phi) is 2.41. The minimum Gasteiger partial charge on any atom is -0.465 e. The van der Waals surface area contributed by atoms with Crippen molar-refractivity contribution < 1.29 is 9.90 Å². The van der Waals surface area contributed by atoms with Gasteiger partial charge in [0.05, 0.1) is 0 Å². The molecule has 1 rings (SSSR count). The summed E-state index contributed by atoms with van der Waals surface area (Å²) in [5, 5.41) is 10.4. The Labute approximate surface area is 78.2 Å². The average molecular weight is 199 g/mol. The molecule has 0 unspecified atom stereocenters. The van der Waals surface area contributed by atoms with Gasteiger partial charge in [0.2, 0.25) is 0 Å². The Hall–Kier alpha value is -2.05. The summed E-state index contributed by atoms with van der Waals surface area (Å²) >= 11 is 0. The zero-order valence-corrected chi connectivity index (χ0v) is 7.64. The van der Waals surface area contributed by atoms with E-state index in [1.807, 2.05) is 5.32 Å². The summed E-state index contributed by atoms with van der Waals surface area (Å²) in [6, 6.07) is 1.04. The van der Waals surface area contributed by atoms with Crippen LogP contribution in [0.25, 0.3) is 0 Å². The number of carbonyl (C=O) groups is 1. The molecule has 76 valence electrons. The molecular formula is C7H9N3O4. The molecule has 1 aromatic heterocycles. The number of amides is 1. The van der Waals surface area contributed by atoms with Gasteiger partial charge in [0, 0.05) is 20.2 Å². The fourth-order valence-electron chi connectivity index (χ4n) is 0.962. The van der Waals surface area contributed by atoms with E-state index in [1.54, 1.807) is 0 Å². The topological polar surface area (TPSA) is 93.3 Å². The molecule has 0 spiro atoms. The normalized spacial score (nSPS) is 9.86. The summed E-state index contributed by atoms with van der Waals surface area (Å²) in [6.07, 6.45) is -1.33. The lowest BCUT2D eigenvalue weighted by molar-refractivity contribution is 0.209. The van der Waals surface area contributed by atoms with Gasteiger partial charge in [-0.25, -0.2) is 9.59 Å². The van der Waals surface area contributed by atoms with Gasteiger partial charge < -0.3 is 5.11 Å². The highest BCUT2D eigenvalue weighted by molar-refractivity contribution is 5.81. The second-order valence-electron chi connectivity index (χ2n) is 2.70. The van der Waals surface area contributed by atoms with Crippen LogP contribution in [-0.4, -0.2) is 20.3 Å². The molecule has 0 aliphatic carbocycles. The summed E-state index contributed by atoms with van der Waals surface area (Å²) in [4.78, 5) is 32.7. The molecule has 0 fully saturated rings. The Bertz CT molecular complexity index is 485. The first-order valence-corrected chi connectivity index (χ1v) is 3.70. The molecule has 0 radical (unpaired) electrons. The van der Waals surface area contributed by atoms with Crippen LogP contribution in [-0.2, 0) is 14.1 Å². The highest BCUT2D eigenvalue weighted by Crippen LogP contribution is 1.96. The van der Waals surface area contributed by atoms with Crippen LogP contribution in [0.3, 0.4) is 0 Å². The van der Waals surface area contributed by atoms with Crippen LogP contribution < -0.4 is 16.6 Å². The number of nitrogens with zero attached hydrogens (tertiary/aromatic N) is 2. The van der Waals surface area contributed by atoms with Gasteiger partial charge in [0.1, 0.15) is 5.82 Å². The minimum absolute atomic E-state index is 0.0504. The van der Waals surface area contributed by atoms with Gasteiger partial charge in [-0.3, -0.25) is 19.2 Å². The van der Waals surface area contributed by atoms with Crippen molar-refractivity contribution in [3.8, 4) is 0 Å². The zero-order valence-electron chi connectivity index (χ0n) is 7.64. The second-order valence-corrected chi connectivity index (χ2v) is 2.70.